The third kappa shape index (κ3) is 4.79. The summed E-state index contributed by atoms with van der Waals surface area (Å²) in [5.41, 5.74) is 0.784. The van der Waals surface area contributed by atoms with Crippen LogP contribution in [0.25, 0.3) is 0 Å². The number of benzene rings is 1. The molecule has 0 aliphatic rings. The predicted molar refractivity (Wildman–Crippen MR) is 80.0 cm³/mol. The molecule has 1 unspecified atom stereocenters. The summed E-state index contributed by atoms with van der Waals surface area (Å²) in [4.78, 5) is 4.34. The number of aryl methyl sites for hydroxylation is 1. The van der Waals surface area contributed by atoms with Crippen molar-refractivity contribution in [1.82, 2.24) is 15.5 Å². The van der Waals surface area contributed by atoms with Gasteiger partial charge in [0, 0.05) is 23.9 Å². The molecule has 0 radical (unpaired) electrons. The fraction of sp³-hybridized carbons (Fsp3) is 0.467. The number of nitrogens with one attached hydrogen (secondary N) is 1. The summed E-state index contributed by atoms with van der Waals surface area (Å²) in [6.45, 7) is 5.14. The van der Waals surface area contributed by atoms with Crippen LogP contribution in [0.3, 0.4) is 0 Å². The molecular formula is C15H19ClFN3O. The second-order valence-electron chi connectivity index (χ2n) is 5.01. The molecule has 1 atom stereocenters. The van der Waals surface area contributed by atoms with Gasteiger partial charge in [-0.2, -0.15) is 4.98 Å². The average Bonchev–Trinajstić information content (AvgIpc) is 2.88. The van der Waals surface area contributed by atoms with Crippen molar-refractivity contribution in [3.8, 4) is 0 Å². The van der Waals surface area contributed by atoms with Crippen LogP contribution in [-0.2, 0) is 12.8 Å². The summed E-state index contributed by atoms with van der Waals surface area (Å²) in [7, 11) is 0. The molecule has 114 valence electrons. The Morgan fingerprint density at radius 2 is 2.24 bits per heavy atom. The highest BCUT2D eigenvalue weighted by Crippen LogP contribution is 2.19. The van der Waals surface area contributed by atoms with E-state index in [1.54, 1.807) is 6.07 Å². The van der Waals surface area contributed by atoms with Gasteiger partial charge in [0.25, 0.3) is 0 Å². The zero-order chi connectivity index (χ0) is 15.2. The van der Waals surface area contributed by atoms with Crippen molar-refractivity contribution in [2.24, 2.45) is 0 Å². The maximum absolute atomic E-state index is 13.0. The average molecular weight is 312 g/mol. The van der Waals surface area contributed by atoms with E-state index in [1.807, 2.05) is 0 Å². The molecule has 2 aromatic rings. The lowest BCUT2D eigenvalue weighted by molar-refractivity contribution is 0.363. The van der Waals surface area contributed by atoms with E-state index >= 15 is 0 Å². The van der Waals surface area contributed by atoms with Crippen molar-refractivity contribution in [3.05, 3.63) is 46.3 Å². The van der Waals surface area contributed by atoms with E-state index in [0.29, 0.717) is 29.2 Å². The van der Waals surface area contributed by atoms with Gasteiger partial charge in [-0.1, -0.05) is 29.7 Å². The minimum absolute atomic E-state index is 0.352. The topological polar surface area (TPSA) is 51.0 Å². The number of aromatic nitrogens is 2. The molecule has 0 fully saturated rings. The van der Waals surface area contributed by atoms with Gasteiger partial charge in [-0.3, -0.25) is 0 Å². The van der Waals surface area contributed by atoms with Crippen LogP contribution in [0.4, 0.5) is 4.39 Å². The van der Waals surface area contributed by atoms with Crippen molar-refractivity contribution in [2.75, 3.05) is 6.54 Å². The second kappa shape index (κ2) is 7.52. The lowest BCUT2D eigenvalue weighted by Crippen LogP contribution is -2.25. The molecule has 21 heavy (non-hydrogen) atoms. The summed E-state index contributed by atoms with van der Waals surface area (Å²) in [5, 5.41) is 7.65. The van der Waals surface area contributed by atoms with Gasteiger partial charge in [0.15, 0.2) is 5.82 Å². The Kier molecular flexibility index (Phi) is 5.70. The van der Waals surface area contributed by atoms with Gasteiger partial charge in [-0.05, 0) is 37.6 Å². The van der Waals surface area contributed by atoms with Gasteiger partial charge < -0.3 is 9.84 Å². The van der Waals surface area contributed by atoms with E-state index in [2.05, 4.69) is 29.3 Å². The maximum Gasteiger partial charge on any atom is 0.226 e. The zero-order valence-electron chi connectivity index (χ0n) is 12.2. The Balaban J connectivity index is 1.93. The molecule has 0 amide bonds. The molecular weight excluding hydrogens is 293 g/mol. The lowest BCUT2D eigenvalue weighted by Gasteiger charge is -2.09. The van der Waals surface area contributed by atoms with Crippen molar-refractivity contribution in [2.45, 2.75) is 39.2 Å². The predicted octanol–water partition coefficient (Wildman–Crippen LogP) is 3.38. The molecule has 0 aliphatic heterocycles. The van der Waals surface area contributed by atoms with Crippen LogP contribution in [-0.4, -0.2) is 22.7 Å². The number of hydrogen-bond acceptors (Lipinski definition) is 4. The molecule has 1 N–H and O–H groups in total. The quantitative estimate of drug-likeness (QED) is 0.851. The second-order valence-corrected chi connectivity index (χ2v) is 5.42. The van der Waals surface area contributed by atoms with E-state index in [0.717, 1.165) is 24.9 Å². The van der Waals surface area contributed by atoms with Gasteiger partial charge in [0.05, 0.1) is 0 Å². The van der Waals surface area contributed by atoms with Crippen LogP contribution >= 0.6 is 11.6 Å². The van der Waals surface area contributed by atoms with Crippen LogP contribution < -0.4 is 5.32 Å². The number of rotatable bonds is 7. The van der Waals surface area contributed by atoms with Crippen molar-refractivity contribution < 1.29 is 8.91 Å². The first-order valence-corrected chi connectivity index (χ1v) is 7.45. The Labute approximate surface area is 128 Å². The van der Waals surface area contributed by atoms with Crippen LogP contribution in [0.2, 0.25) is 5.02 Å². The maximum atomic E-state index is 13.0. The summed E-state index contributed by atoms with van der Waals surface area (Å²) < 4.78 is 18.2. The molecule has 0 bridgehead atoms. The Morgan fingerprint density at radius 1 is 1.43 bits per heavy atom. The molecule has 0 spiro atoms. The number of halogens is 2. The van der Waals surface area contributed by atoms with E-state index in [1.165, 1.54) is 12.1 Å². The monoisotopic (exact) mass is 311 g/mol. The fourth-order valence-electron chi connectivity index (χ4n) is 2.09. The summed E-state index contributed by atoms with van der Waals surface area (Å²) in [5.74, 6) is 0.831. The summed E-state index contributed by atoms with van der Waals surface area (Å²) >= 11 is 5.99. The SMILES string of the molecule is CCNC(C)CCc1nc(Cc2ccc(F)cc2Cl)no1. The van der Waals surface area contributed by atoms with E-state index in [4.69, 9.17) is 16.1 Å². The minimum atomic E-state index is -0.352. The van der Waals surface area contributed by atoms with E-state index < -0.39 is 0 Å². The smallest absolute Gasteiger partial charge is 0.226 e. The molecule has 1 heterocycles. The number of nitrogens with zero attached hydrogens (tertiary/aromatic N) is 2. The lowest BCUT2D eigenvalue weighted by atomic mass is 10.1. The molecule has 1 aromatic carbocycles. The Hall–Kier alpha value is -1.46. The van der Waals surface area contributed by atoms with Gasteiger partial charge in [0.1, 0.15) is 5.82 Å². The van der Waals surface area contributed by atoms with Gasteiger partial charge in [-0.25, -0.2) is 4.39 Å². The van der Waals surface area contributed by atoms with Crippen LogP contribution in [0.1, 0.15) is 37.5 Å². The highest BCUT2D eigenvalue weighted by atomic mass is 35.5. The van der Waals surface area contributed by atoms with Crippen molar-refractivity contribution in [3.63, 3.8) is 0 Å². The van der Waals surface area contributed by atoms with Gasteiger partial charge >= 0.3 is 0 Å². The normalized spacial score (nSPS) is 12.6. The third-order valence-electron chi connectivity index (χ3n) is 3.22. The van der Waals surface area contributed by atoms with Gasteiger partial charge in [-0.15, -0.1) is 0 Å². The summed E-state index contributed by atoms with van der Waals surface area (Å²) in [6, 6.07) is 4.72. The molecule has 0 saturated carbocycles. The van der Waals surface area contributed by atoms with Crippen LogP contribution in [0.5, 0.6) is 0 Å². The molecule has 1 aromatic heterocycles. The summed E-state index contributed by atoms with van der Waals surface area (Å²) in [6.07, 6.45) is 2.11. The molecule has 6 heteroatoms. The Bertz CT molecular complexity index is 588. The highest BCUT2D eigenvalue weighted by Gasteiger charge is 2.11. The standard InChI is InChI=1S/C15H19ClFN3O/c1-3-18-10(2)4-7-15-19-14(20-21-15)8-11-5-6-12(17)9-13(11)16/h5-6,9-10,18H,3-4,7-8H2,1-2H3. The molecule has 0 aliphatic carbocycles. The largest absolute Gasteiger partial charge is 0.339 e. The first-order chi connectivity index (χ1) is 10.1. The van der Waals surface area contributed by atoms with Crippen molar-refractivity contribution in [1.29, 1.82) is 0 Å². The highest BCUT2D eigenvalue weighted by molar-refractivity contribution is 6.31. The van der Waals surface area contributed by atoms with Crippen LogP contribution in [0, 0.1) is 5.82 Å². The van der Waals surface area contributed by atoms with E-state index in [-0.39, 0.29) is 5.82 Å². The van der Waals surface area contributed by atoms with E-state index in [9.17, 15) is 4.39 Å². The van der Waals surface area contributed by atoms with Crippen LogP contribution in [0.15, 0.2) is 22.7 Å². The number of hydrogen-bond donors (Lipinski definition) is 1. The fourth-order valence-corrected chi connectivity index (χ4v) is 2.32. The zero-order valence-corrected chi connectivity index (χ0v) is 13.0. The molecule has 0 saturated heterocycles. The molecule has 2 rings (SSSR count). The van der Waals surface area contributed by atoms with Gasteiger partial charge in [0.2, 0.25) is 5.89 Å². The molecule has 4 nitrogen and oxygen atoms in total. The minimum Gasteiger partial charge on any atom is -0.339 e. The first-order valence-electron chi connectivity index (χ1n) is 7.07. The first kappa shape index (κ1) is 15.9. The third-order valence-corrected chi connectivity index (χ3v) is 3.57. The van der Waals surface area contributed by atoms with Crippen molar-refractivity contribution >= 4 is 11.6 Å². The Morgan fingerprint density at radius 3 is 2.95 bits per heavy atom.